The molecule has 62 heavy (non-hydrogen) atoms. The van der Waals surface area contributed by atoms with Crippen LogP contribution in [0.4, 0.5) is 10.5 Å². The van der Waals surface area contributed by atoms with Gasteiger partial charge in [0.05, 0.1) is 43.0 Å². The summed E-state index contributed by atoms with van der Waals surface area (Å²) < 4.78 is 32.4. The number of benzene rings is 2. The molecule has 3 N–H and O–H groups in total. The van der Waals surface area contributed by atoms with Crippen molar-refractivity contribution in [2.75, 3.05) is 72.4 Å². The summed E-state index contributed by atoms with van der Waals surface area (Å²) in [6.45, 7) is 13.3. The molecule has 2 fully saturated rings. The Morgan fingerprint density at radius 1 is 1.02 bits per heavy atom. The third kappa shape index (κ3) is 11.5. The average Bonchev–Trinajstić information content (AvgIpc) is 4.08. The molecule has 2 aliphatic heterocycles. The van der Waals surface area contributed by atoms with Crippen molar-refractivity contribution in [2.45, 2.75) is 89.1 Å². The number of amides is 1. The number of aliphatic hydroxyl groups excluding tert-OH is 3. The van der Waals surface area contributed by atoms with Gasteiger partial charge in [-0.2, -0.15) is 0 Å². The van der Waals surface area contributed by atoms with Gasteiger partial charge in [0.1, 0.15) is 35.5 Å². The van der Waals surface area contributed by atoms with Crippen molar-refractivity contribution < 1.29 is 53.6 Å². The zero-order chi connectivity index (χ0) is 44.3. The van der Waals surface area contributed by atoms with Gasteiger partial charge in [-0.05, 0) is 94.2 Å². The molecule has 1 saturated heterocycles. The summed E-state index contributed by atoms with van der Waals surface area (Å²) in [6.07, 6.45) is 7.66. The second-order valence-electron chi connectivity index (χ2n) is 17.3. The molecule has 1 amide bonds. The molecular weight excluding hydrogens is 801 g/mol. The van der Waals surface area contributed by atoms with Crippen molar-refractivity contribution in [3.63, 3.8) is 0 Å². The van der Waals surface area contributed by atoms with Crippen LogP contribution in [-0.4, -0.2) is 132 Å². The third-order valence-corrected chi connectivity index (χ3v) is 11.9. The van der Waals surface area contributed by atoms with E-state index in [-0.39, 0.29) is 81.8 Å². The van der Waals surface area contributed by atoms with Crippen molar-refractivity contribution in [2.24, 2.45) is 22.9 Å². The first kappa shape index (κ1) is 46.9. The number of unbranched alkanes of at least 4 members (excludes halogenated alkanes) is 2. The number of aliphatic hydroxyl groups is 3. The predicted octanol–water partition coefficient (Wildman–Crippen LogP) is 6.23. The first-order valence-corrected chi connectivity index (χ1v) is 22.0. The van der Waals surface area contributed by atoms with Crippen LogP contribution in [0.2, 0.25) is 0 Å². The van der Waals surface area contributed by atoms with E-state index in [1.807, 2.05) is 32.9 Å². The van der Waals surface area contributed by atoms with Crippen molar-refractivity contribution in [1.29, 1.82) is 0 Å². The lowest BCUT2D eigenvalue weighted by molar-refractivity contribution is -0.384. The molecule has 6 rings (SSSR count). The van der Waals surface area contributed by atoms with Crippen LogP contribution in [0.25, 0.3) is 0 Å². The molecule has 2 aromatic carbocycles. The van der Waals surface area contributed by atoms with E-state index >= 15 is 0 Å². The van der Waals surface area contributed by atoms with Crippen LogP contribution >= 0.6 is 0 Å². The number of oxime groups is 1. The van der Waals surface area contributed by atoms with Crippen molar-refractivity contribution in [3.8, 4) is 17.2 Å². The Bertz CT molecular complexity index is 1880. The number of hydrogen-bond donors (Lipinski definition) is 3. The van der Waals surface area contributed by atoms with Crippen LogP contribution in [0, 0.1) is 27.9 Å². The fourth-order valence-corrected chi connectivity index (χ4v) is 9.02. The van der Waals surface area contributed by atoms with Gasteiger partial charge in [-0.25, -0.2) is 4.79 Å². The van der Waals surface area contributed by atoms with Crippen LogP contribution in [0.15, 0.2) is 71.9 Å². The van der Waals surface area contributed by atoms with Crippen LogP contribution < -0.4 is 14.2 Å². The Balaban J connectivity index is 1.55. The molecule has 0 radical (unpaired) electrons. The Hall–Kier alpha value is -4.58. The first-order chi connectivity index (χ1) is 29.9. The molecule has 6 atom stereocenters. The van der Waals surface area contributed by atoms with Gasteiger partial charge in [0.2, 0.25) is 5.79 Å². The second kappa shape index (κ2) is 21.7. The molecule has 0 bridgehead atoms. The van der Waals surface area contributed by atoms with E-state index in [1.54, 1.807) is 6.08 Å². The van der Waals surface area contributed by atoms with E-state index in [0.29, 0.717) is 36.7 Å². The summed E-state index contributed by atoms with van der Waals surface area (Å²) >= 11 is 0. The lowest BCUT2D eigenvalue weighted by Gasteiger charge is -2.59. The number of nitrogens with zero attached hydrogens (tertiary/aromatic N) is 4. The maximum Gasteiger partial charge on any atom is 0.415 e. The fraction of sp³-hybridized carbons (Fsp3) is 0.609. The van der Waals surface area contributed by atoms with Gasteiger partial charge < -0.3 is 43.8 Å². The summed E-state index contributed by atoms with van der Waals surface area (Å²) in [5, 5.41) is 45.7. The van der Waals surface area contributed by atoms with Gasteiger partial charge in [-0.3, -0.25) is 19.9 Å². The van der Waals surface area contributed by atoms with E-state index in [9.17, 15) is 30.2 Å². The number of allylic oxidation sites excluding steroid dienone is 1. The number of carbonyl (C=O) groups is 1. The summed E-state index contributed by atoms with van der Waals surface area (Å²) in [7, 11) is 0. The van der Waals surface area contributed by atoms with E-state index in [4.69, 9.17) is 33.7 Å². The topological polar surface area (TPSA) is 195 Å². The van der Waals surface area contributed by atoms with E-state index in [2.05, 4.69) is 23.6 Å². The third-order valence-electron chi connectivity index (χ3n) is 11.9. The Labute approximate surface area is 364 Å². The fourth-order valence-electron chi connectivity index (χ4n) is 9.02. The van der Waals surface area contributed by atoms with Gasteiger partial charge >= 0.3 is 6.09 Å². The highest BCUT2D eigenvalue weighted by Crippen LogP contribution is 2.62. The van der Waals surface area contributed by atoms with E-state index < -0.39 is 34.4 Å². The molecule has 4 aliphatic rings. The Morgan fingerprint density at radius 2 is 1.74 bits per heavy atom. The highest BCUT2D eigenvalue weighted by atomic mass is 16.7. The Kier molecular flexibility index (Phi) is 16.4. The van der Waals surface area contributed by atoms with Crippen molar-refractivity contribution in [3.05, 3.63) is 82.4 Å². The monoisotopic (exact) mass is 864 g/mol. The first-order valence-electron chi connectivity index (χ1n) is 22.0. The van der Waals surface area contributed by atoms with Crippen molar-refractivity contribution >= 4 is 17.5 Å². The average molecular weight is 865 g/mol. The molecule has 0 spiro atoms. The molecule has 1 saturated carbocycles. The smallest absolute Gasteiger partial charge is 0.415 e. The molecule has 340 valence electrons. The number of carbonyl (C=O) groups excluding carboxylic acids is 1. The number of rotatable bonds is 24. The number of nitro groups is 1. The van der Waals surface area contributed by atoms with Crippen molar-refractivity contribution in [1.82, 2.24) is 9.80 Å². The standard InChI is InChI=1S/C46H64N4O12/c1-5-25-59-46-41(49(21-26-57-28-24-53)44(54)60-34-14-12-33(13-15-34)50(55)56)31-39(47-62-45(2,3)4)37-29-32(10-6-8-22-51)36(11-7-9-23-52)42(43(37)46)38-30-35(16-17-40(38)61-46)58-27-20-48-18-19-48/h5,12-17,29-30,32,36,41-43,51-53H,1,6-11,18-28,31H2,2-4H3/t32-,36+,41-,42+,43+,46+/m0/s1. The maximum atomic E-state index is 14.7. The Morgan fingerprint density at radius 3 is 2.40 bits per heavy atom. The highest BCUT2D eigenvalue weighted by molar-refractivity contribution is 6.03. The molecule has 0 aromatic heterocycles. The number of ether oxygens (including phenoxy) is 5. The van der Waals surface area contributed by atoms with Crippen LogP contribution in [0.1, 0.15) is 77.2 Å². The quantitative estimate of drug-likeness (QED) is 0.0354. The molecule has 16 heteroatoms. The maximum absolute atomic E-state index is 14.7. The minimum Gasteiger partial charge on any atom is -0.492 e. The number of fused-ring (bicyclic) bond motifs is 2. The lowest BCUT2D eigenvalue weighted by Crippen LogP contribution is -2.70. The minimum atomic E-state index is -1.56. The van der Waals surface area contributed by atoms with Gasteiger partial charge in [0, 0.05) is 69.4 Å². The molecule has 2 aromatic rings. The molecular formula is C46H64N4O12. The highest BCUT2D eigenvalue weighted by Gasteiger charge is 2.65. The zero-order valence-electron chi connectivity index (χ0n) is 36.3. The summed E-state index contributed by atoms with van der Waals surface area (Å²) in [5.74, 6) is -0.962. The van der Waals surface area contributed by atoms with Gasteiger partial charge in [-0.1, -0.05) is 30.1 Å². The van der Waals surface area contributed by atoms with Gasteiger partial charge in [0.15, 0.2) is 0 Å². The molecule has 2 heterocycles. The van der Waals surface area contributed by atoms with Crippen LogP contribution in [0.5, 0.6) is 17.2 Å². The summed E-state index contributed by atoms with van der Waals surface area (Å²) in [6, 6.07) is 10.2. The van der Waals surface area contributed by atoms with E-state index in [1.165, 1.54) is 29.2 Å². The van der Waals surface area contributed by atoms with Gasteiger partial charge in [-0.15, -0.1) is 6.58 Å². The van der Waals surface area contributed by atoms with Crippen LogP contribution in [-0.2, 0) is 14.3 Å². The molecule has 16 nitrogen and oxygen atoms in total. The van der Waals surface area contributed by atoms with E-state index in [0.717, 1.165) is 56.5 Å². The largest absolute Gasteiger partial charge is 0.492 e. The SMILES string of the molecule is C=CCO[C@@]12Oc3ccc(OCCN4CC4)cc3[C@H]3[C@H](CCCCO)[C@@H](CCCCO)C=C(C(=NOC(C)(C)C)C[C@@H]1N(CCOCCO)C(=O)Oc1ccc([N+](=O)[O-])cc1)[C@H]32. The summed E-state index contributed by atoms with van der Waals surface area (Å²) in [5.41, 5.74) is 1.61. The lowest BCUT2D eigenvalue weighted by atomic mass is 9.55. The zero-order valence-corrected chi connectivity index (χ0v) is 36.3. The summed E-state index contributed by atoms with van der Waals surface area (Å²) in [4.78, 5) is 35.6. The predicted molar refractivity (Wildman–Crippen MR) is 231 cm³/mol. The molecule has 2 aliphatic carbocycles. The van der Waals surface area contributed by atoms with Gasteiger partial charge in [0.25, 0.3) is 5.69 Å². The number of non-ortho nitro benzene ring substituents is 1. The number of nitro benzene ring substituents is 1. The number of hydrogen-bond acceptors (Lipinski definition) is 14. The normalized spacial score (nSPS) is 24.6. The molecule has 0 unspecified atom stereocenters. The second-order valence-corrected chi connectivity index (χ2v) is 17.3. The van der Waals surface area contributed by atoms with Crippen LogP contribution in [0.3, 0.4) is 0 Å². The minimum absolute atomic E-state index is 0.00751.